The molecule has 0 radical (unpaired) electrons. The van der Waals surface area contributed by atoms with Gasteiger partial charge in [-0.1, -0.05) is 5.16 Å². The molecule has 2 heterocycles. The van der Waals surface area contributed by atoms with Crippen molar-refractivity contribution in [1.82, 2.24) is 14.8 Å². The monoisotopic (exact) mass is 403 g/mol. The Hall–Kier alpha value is -1.36. The largest absolute Gasteiger partial charge is 0.361 e. The molecular formula is C15H21N3O4S3. The van der Waals surface area contributed by atoms with Gasteiger partial charge >= 0.3 is 0 Å². The van der Waals surface area contributed by atoms with Gasteiger partial charge in [0, 0.05) is 30.3 Å². The summed E-state index contributed by atoms with van der Waals surface area (Å²) in [6.45, 7) is 4.05. The zero-order chi connectivity index (χ0) is 18.6. The predicted octanol–water partition coefficient (Wildman–Crippen LogP) is 2.15. The average molecular weight is 404 g/mol. The molecule has 2 rings (SSSR count). The number of hydrogen-bond acceptors (Lipinski definition) is 7. The standard InChI is InChI=1S/C15H21N3O4S3/c1-10-13(11(2)22-17-10)8-23-9-14(19)16-7-12-5-6-15(24-12)25(20,21)18(3)4/h5-6H,7-9H2,1-4H3,(H,16,19). The van der Waals surface area contributed by atoms with Crippen LogP contribution in [0.1, 0.15) is 21.9 Å². The second kappa shape index (κ2) is 8.35. The summed E-state index contributed by atoms with van der Waals surface area (Å²) in [5.41, 5.74) is 1.87. The molecule has 0 saturated heterocycles. The van der Waals surface area contributed by atoms with Gasteiger partial charge in [0.15, 0.2) is 0 Å². The van der Waals surface area contributed by atoms with Crippen LogP contribution in [0.4, 0.5) is 0 Å². The highest BCUT2D eigenvalue weighted by Gasteiger charge is 2.19. The van der Waals surface area contributed by atoms with E-state index >= 15 is 0 Å². The number of hydrogen-bond donors (Lipinski definition) is 1. The molecule has 2 aromatic heterocycles. The molecule has 0 aliphatic carbocycles. The summed E-state index contributed by atoms with van der Waals surface area (Å²) < 4.78 is 30.6. The molecular weight excluding hydrogens is 382 g/mol. The van der Waals surface area contributed by atoms with Gasteiger partial charge in [-0.15, -0.1) is 23.1 Å². The molecule has 0 bridgehead atoms. The topological polar surface area (TPSA) is 92.5 Å². The third-order valence-corrected chi connectivity index (χ3v) is 7.82. The van der Waals surface area contributed by atoms with Crippen LogP contribution in [-0.4, -0.2) is 43.6 Å². The van der Waals surface area contributed by atoms with E-state index in [0.29, 0.717) is 18.1 Å². The van der Waals surface area contributed by atoms with E-state index < -0.39 is 10.0 Å². The number of aryl methyl sites for hydroxylation is 2. The molecule has 25 heavy (non-hydrogen) atoms. The van der Waals surface area contributed by atoms with Gasteiger partial charge in [-0.2, -0.15) is 0 Å². The third kappa shape index (κ3) is 5.06. The van der Waals surface area contributed by atoms with E-state index in [-0.39, 0.29) is 10.1 Å². The SMILES string of the molecule is Cc1noc(C)c1CSCC(=O)NCc1ccc(S(=O)(=O)N(C)C)s1. The Bertz CT molecular complexity index is 821. The van der Waals surface area contributed by atoms with Gasteiger partial charge < -0.3 is 9.84 Å². The van der Waals surface area contributed by atoms with Gasteiger partial charge in [0.05, 0.1) is 18.0 Å². The lowest BCUT2D eigenvalue weighted by Crippen LogP contribution is -2.24. The number of carbonyl (C=O) groups excluding carboxylic acids is 1. The van der Waals surface area contributed by atoms with Crippen LogP contribution >= 0.6 is 23.1 Å². The second-order valence-electron chi connectivity index (χ2n) is 5.58. The lowest BCUT2D eigenvalue weighted by molar-refractivity contribution is -0.118. The van der Waals surface area contributed by atoms with Crippen LogP contribution in [-0.2, 0) is 27.1 Å². The fraction of sp³-hybridized carbons (Fsp3) is 0.467. The van der Waals surface area contributed by atoms with Crippen molar-refractivity contribution in [3.63, 3.8) is 0 Å². The number of nitrogens with zero attached hydrogens (tertiary/aromatic N) is 2. The summed E-state index contributed by atoms with van der Waals surface area (Å²) in [4.78, 5) is 12.7. The molecule has 7 nitrogen and oxygen atoms in total. The highest BCUT2D eigenvalue weighted by Crippen LogP contribution is 2.23. The Morgan fingerprint density at radius 2 is 2.08 bits per heavy atom. The first-order valence-electron chi connectivity index (χ1n) is 7.49. The Morgan fingerprint density at radius 3 is 2.68 bits per heavy atom. The lowest BCUT2D eigenvalue weighted by atomic mass is 10.2. The van der Waals surface area contributed by atoms with E-state index in [2.05, 4.69) is 10.5 Å². The summed E-state index contributed by atoms with van der Waals surface area (Å²) in [6.07, 6.45) is 0. The molecule has 138 valence electrons. The smallest absolute Gasteiger partial charge is 0.252 e. The minimum Gasteiger partial charge on any atom is -0.361 e. The quantitative estimate of drug-likeness (QED) is 0.726. The lowest BCUT2D eigenvalue weighted by Gasteiger charge is -2.08. The van der Waals surface area contributed by atoms with Crippen LogP contribution in [0.3, 0.4) is 0 Å². The molecule has 0 spiro atoms. The fourth-order valence-corrected chi connectivity index (χ4v) is 5.43. The fourth-order valence-electron chi connectivity index (χ4n) is 1.96. The van der Waals surface area contributed by atoms with Gasteiger partial charge in [-0.25, -0.2) is 12.7 Å². The average Bonchev–Trinajstić information content (AvgIpc) is 3.14. The Kier molecular flexibility index (Phi) is 6.66. The zero-order valence-electron chi connectivity index (χ0n) is 14.5. The predicted molar refractivity (Wildman–Crippen MR) is 99.2 cm³/mol. The van der Waals surface area contributed by atoms with Crippen molar-refractivity contribution < 1.29 is 17.7 Å². The number of nitrogens with one attached hydrogen (secondary N) is 1. The number of amides is 1. The maximum atomic E-state index is 12.0. The van der Waals surface area contributed by atoms with Gasteiger partial charge in [0.2, 0.25) is 5.91 Å². The molecule has 0 fully saturated rings. The number of sulfonamides is 1. The Labute approximate surface area is 155 Å². The highest BCUT2D eigenvalue weighted by molar-refractivity contribution is 7.99. The molecule has 0 aliphatic rings. The van der Waals surface area contributed by atoms with Crippen LogP contribution < -0.4 is 5.32 Å². The van der Waals surface area contributed by atoms with Gasteiger partial charge in [-0.3, -0.25) is 4.79 Å². The molecule has 1 N–H and O–H groups in total. The molecule has 0 saturated carbocycles. The Balaban J connectivity index is 1.80. The number of thiophene rings is 1. The van der Waals surface area contributed by atoms with Crippen LogP contribution in [0, 0.1) is 13.8 Å². The minimum atomic E-state index is -3.42. The highest BCUT2D eigenvalue weighted by atomic mass is 32.2. The summed E-state index contributed by atoms with van der Waals surface area (Å²) in [5, 5.41) is 6.69. The van der Waals surface area contributed by atoms with E-state index in [1.54, 1.807) is 12.1 Å². The maximum absolute atomic E-state index is 12.0. The molecule has 0 atom stereocenters. The number of thioether (sulfide) groups is 1. The minimum absolute atomic E-state index is 0.0952. The van der Waals surface area contributed by atoms with Crippen LogP contribution in [0.25, 0.3) is 0 Å². The summed E-state index contributed by atoms with van der Waals surface area (Å²) in [7, 11) is -0.436. The molecule has 1 amide bonds. The third-order valence-electron chi connectivity index (χ3n) is 3.49. The van der Waals surface area contributed by atoms with Crippen molar-refractivity contribution in [2.75, 3.05) is 19.8 Å². The van der Waals surface area contributed by atoms with Gasteiger partial charge in [0.25, 0.3) is 10.0 Å². The van der Waals surface area contributed by atoms with E-state index in [0.717, 1.165) is 33.2 Å². The van der Waals surface area contributed by atoms with Crippen molar-refractivity contribution in [3.8, 4) is 0 Å². The maximum Gasteiger partial charge on any atom is 0.252 e. The summed E-state index contributed by atoms with van der Waals surface area (Å²) >= 11 is 2.65. The van der Waals surface area contributed by atoms with E-state index in [1.807, 2.05) is 13.8 Å². The van der Waals surface area contributed by atoms with E-state index in [4.69, 9.17) is 4.52 Å². The number of aromatic nitrogens is 1. The van der Waals surface area contributed by atoms with Crippen LogP contribution in [0.5, 0.6) is 0 Å². The first-order valence-corrected chi connectivity index (χ1v) is 10.9. The van der Waals surface area contributed by atoms with Gasteiger partial charge in [0.1, 0.15) is 9.97 Å². The normalized spacial score (nSPS) is 11.9. The van der Waals surface area contributed by atoms with Crippen molar-refractivity contribution >= 4 is 39.0 Å². The van der Waals surface area contributed by atoms with E-state index in [1.165, 1.54) is 30.2 Å². The summed E-state index contributed by atoms with van der Waals surface area (Å²) in [6, 6.07) is 3.28. The van der Waals surface area contributed by atoms with E-state index in [9.17, 15) is 13.2 Å². The molecule has 0 unspecified atom stereocenters. The Morgan fingerprint density at radius 1 is 1.36 bits per heavy atom. The van der Waals surface area contributed by atoms with Crippen LogP contribution in [0.2, 0.25) is 0 Å². The van der Waals surface area contributed by atoms with Gasteiger partial charge in [-0.05, 0) is 26.0 Å². The number of carbonyl (C=O) groups is 1. The van der Waals surface area contributed by atoms with Crippen molar-refractivity contribution in [3.05, 3.63) is 34.0 Å². The zero-order valence-corrected chi connectivity index (χ0v) is 17.0. The van der Waals surface area contributed by atoms with Crippen molar-refractivity contribution in [2.45, 2.75) is 30.4 Å². The molecule has 0 aromatic carbocycles. The molecule has 2 aromatic rings. The van der Waals surface area contributed by atoms with Crippen molar-refractivity contribution in [2.24, 2.45) is 0 Å². The molecule has 10 heteroatoms. The number of rotatable bonds is 8. The van der Waals surface area contributed by atoms with Crippen LogP contribution in [0.15, 0.2) is 20.9 Å². The second-order valence-corrected chi connectivity index (χ2v) is 10.1. The summed E-state index contributed by atoms with van der Waals surface area (Å²) in [5.74, 6) is 1.66. The molecule has 0 aliphatic heterocycles. The first-order chi connectivity index (χ1) is 11.7. The van der Waals surface area contributed by atoms with Crippen molar-refractivity contribution in [1.29, 1.82) is 0 Å². The first kappa shape index (κ1) is 20.0.